The summed E-state index contributed by atoms with van der Waals surface area (Å²) in [6, 6.07) is 17.8. The van der Waals surface area contributed by atoms with Crippen LogP contribution in [0.4, 0.5) is 5.69 Å². The summed E-state index contributed by atoms with van der Waals surface area (Å²) < 4.78 is 0. The first-order valence-corrected chi connectivity index (χ1v) is 9.25. The molecule has 0 unspecified atom stereocenters. The Bertz CT molecular complexity index is 909. The zero-order chi connectivity index (χ0) is 19.1. The molecule has 3 rings (SSSR count). The van der Waals surface area contributed by atoms with E-state index in [1.807, 2.05) is 36.4 Å². The van der Waals surface area contributed by atoms with E-state index in [-0.39, 0.29) is 5.91 Å². The Balaban J connectivity index is 1.52. The van der Waals surface area contributed by atoms with Crippen LogP contribution in [0.5, 0.6) is 0 Å². The maximum atomic E-state index is 12.4. The van der Waals surface area contributed by atoms with Crippen LogP contribution in [0.2, 0.25) is 5.02 Å². The number of nitrogens with one attached hydrogen (secondary N) is 2. The minimum Gasteiger partial charge on any atom is -0.380 e. The van der Waals surface area contributed by atoms with Crippen LogP contribution < -0.4 is 10.6 Å². The Morgan fingerprint density at radius 2 is 1.85 bits per heavy atom. The van der Waals surface area contributed by atoms with E-state index < -0.39 is 0 Å². The van der Waals surface area contributed by atoms with Crippen molar-refractivity contribution in [3.63, 3.8) is 0 Å². The number of carbonyl (C=O) groups excluding carboxylic acids is 1. The first kappa shape index (κ1) is 18.9. The third-order valence-electron chi connectivity index (χ3n) is 4.19. The highest BCUT2D eigenvalue weighted by molar-refractivity contribution is 6.30. The lowest BCUT2D eigenvalue weighted by Gasteiger charge is -2.09. The third kappa shape index (κ3) is 5.83. The molecule has 3 aromatic rings. The molecule has 1 heterocycles. The molecule has 0 aliphatic heterocycles. The first-order valence-electron chi connectivity index (χ1n) is 8.87. The summed E-state index contributed by atoms with van der Waals surface area (Å²) in [4.78, 5) is 16.5. The Hall–Kier alpha value is -2.85. The van der Waals surface area contributed by atoms with Crippen molar-refractivity contribution in [2.75, 3.05) is 11.9 Å². The SMILES string of the molecule is Cc1cccc(CNc2cncc(C(=O)NCCc3ccc(Cl)cc3)c2)c1. The maximum Gasteiger partial charge on any atom is 0.252 e. The van der Waals surface area contributed by atoms with Crippen molar-refractivity contribution in [2.45, 2.75) is 19.9 Å². The molecule has 1 aromatic heterocycles. The summed E-state index contributed by atoms with van der Waals surface area (Å²) in [6.07, 6.45) is 4.05. The highest BCUT2D eigenvalue weighted by Crippen LogP contribution is 2.12. The smallest absolute Gasteiger partial charge is 0.252 e. The van der Waals surface area contributed by atoms with Crippen molar-refractivity contribution in [1.29, 1.82) is 0 Å². The van der Waals surface area contributed by atoms with Crippen LogP contribution >= 0.6 is 11.6 Å². The second-order valence-electron chi connectivity index (χ2n) is 6.44. The number of rotatable bonds is 7. The molecule has 0 atom stereocenters. The summed E-state index contributed by atoms with van der Waals surface area (Å²) in [7, 11) is 0. The largest absolute Gasteiger partial charge is 0.380 e. The molecule has 0 spiro atoms. The van der Waals surface area contributed by atoms with Gasteiger partial charge in [0.15, 0.2) is 0 Å². The molecule has 5 heteroatoms. The average molecular weight is 380 g/mol. The molecule has 2 N–H and O–H groups in total. The highest BCUT2D eigenvalue weighted by Gasteiger charge is 2.07. The Morgan fingerprint density at radius 1 is 1.04 bits per heavy atom. The molecule has 4 nitrogen and oxygen atoms in total. The Labute approximate surface area is 164 Å². The van der Waals surface area contributed by atoms with E-state index in [1.54, 1.807) is 12.4 Å². The minimum absolute atomic E-state index is 0.129. The monoisotopic (exact) mass is 379 g/mol. The number of halogens is 1. The molecular weight excluding hydrogens is 358 g/mol. The molecule has 2 aromatic carbocycles. The Kier molecular flexibility index (Phi) is 6.44. The fourth-order valence-corrected chi connectivity index (χ4v) is 2.89. The van der Waals surface area contributed by atoms with Crippen LogP contribution in [0.3, 0.4) is 0 Å². The number of anilines is 1. The van der Waals surface area contributed by atoms with Crippen molar-refractivity contribution >= 4 is 23.2 Å². The second kappa shape index (κ2) is 9.19. The van der Waals surface area contributed by atoms with Gasteiger partial charge in [0.05, 0.1) is 11.3 Å². The highest BCUT2D eigenvalue weighted by atomic mass is 35.5. The maximum absolute atomic E-state index is 12.4. The fourth-order valence-electron chi connectivity index (χ4n) is 2.76. The average Bonchev–Trinajstić information content (AvgIpc) is 2.68. The number of pyridine rings is 1. The van der Waals surface area contributed by atoms with Crippen LogP contribution in [0.15, 0.2) is 67.0 Å². The van der Waals surface area contributed by atoms with Gasteiger partial charge in [-0.05, 0) is 42.7 Å². The van der Waals surface area contributed by atoms with Crippen LogP contribution in [0.25, 0.3) is 0 Å². The Morgan fingerprint density at radius 3 is 2.63 bits per heavy atom. The van der Waals surface area contributed by atoms with Gasteiger partial charge in [0.25, 0.3) is 5.91 Å². The predicted molar refractivity (Wildman–Crippen MR) is 110 cm³/mol. The lowest BCUT2D eigenvalue weighted by atomic mass is 10.1. The molecule has 0 aliphatic rings. The van der Waals surface area contributed by atoms with Gasteiger partial charge in [-0.2, -0.15) is 0 Å². The predicted octanol–water partition coefficient (Wildman–Crippen LogP) is 4.63. The summed E-state index contributed by atoms with van der Waals surface area (Å²) in [6.45, 7) is 3.31. The second-order valence-corrected chi connectivity index (χ2v) is 6.87. The summed E-state index contributed by atoms with van der Waals surface area (Å²) >= 11 is 5.88. The first-order chi connectivity index (χ1) is 13.1. The third-order valence-corrected chi connectivity index (χ3v) is 4.44. The van der Waals surface area contributed by atoms with E-state index in [9.17, 15) is 4.79 Å². The van der Waals surface area contributed by atoms with Crippen molar-refractivity contribution in [1.82, 2.24) is 10.3 Å². The van der Waals surface area contributed by atoms with Gasteiger partial charge in [0.2, 0.25) is 0 Å². The minimum atomic E-state index is -0.129. The quantitative estimate of drug-likeness (QED) is 0.629. The number of hydrogen-bond acceptors (Lipinski definition) is 3. The van der Waals surface area contributed by atoms with Crippen LogP contribution in [0.1, 0.15) is 27.0 Å². The van der Waals surface area contributed by atoms with Gasteiger partial charge < -0.3 is 10.6 Å². The van der Waals surface area contributed by atoms with Gasteiger partial charge in [0.1, 0.15) is 0 Å². The molecule has 1 amide bonds. The molecule has 0 radical (unpaired) electrons. The molecule has 0 aliphatic carbocycles. The number of amides is 1. The normalized spacial score (nSPS) is 10.4. The summed E-state index contributed by atoms with van der Waals surface area (Å²) in [5.74, 6) is -0.129. The van der Waals surface area contributed by atoms with E-state index >= 15 is 0 Å². The standard InChI is InChI=1S/C22H22ClN3O/c1-16-3-2-4-18(11-16)13-26-21-12-19(14-24-15-21)22(27)25-10-9-17-5-7-20(23)8-6-17/h2-8,11-12,14-15,26H,9-10,13H2,1H3,(H,25,27). The number of benzene rings is 2. The van der Waals surface area contributed by atoms with Crippen molar-refractivity contribution in [2.24, 2.45) is 0 Å². The van der Waals surface area contributed by atoms with Gasteiger partial charge in [-0.1, -0.05) is 53.6 Å². The van der Waals surface area contributed by atoms with Crippen LogP contribution in [-0.4, -0.2) is 17.4 Å². The molecular formula is C22H22ClN3O. The number of nitrogens with zero attached hydrogens (tertiary/aromatic N) is 1. The topological polar surface area (TPSA) is 54.0 Å². The van der Waals surface area contributed by atoms with E-state index in [0.29, 0.717) is 23.7 Å². The van der Waals surface area contributed by atoms with Crippen molar-refractivity contribution in [3.05, 3.63) is 94.3 Å². The van der Waals surface area contributed by atoms with E-state index in [2.05, 4.69) is 40.7 Å². The molecule has 138 valence electrons. The van der Waals surface area contributed by atoms with Gasteiger partial charge >= 0.3 is 0 Å². The summed E-state index contributed by atoms with van der Waals surface area (Å²) in [5, 5.41) is 6.96. The molecule has 0 fully saturated rings. The van der Waals surface area contributed by atoms with Crippen LogP contribution in [0, 0.1) is 6.92 Å². The number of hydrogen-bond donors (Lipinski definition) is 2. The number of aromatic nitrogens is 1. The molecule has 0 saturated carbocycles. The fraction of sp³-hybridized carbons (Fsp3) is 0.182. The number of carbonyl (C=O) groups is 1. The summed E-state index contributed by atoms with van der Waals surface area (Å²) in [5.41, 5.74) is 4.91. The van der Waals surface area contributed by atoms with Crippen molar-refractivity contribution in [3.8, 4) is 0 Å². The van der Waals surface area contributed by atoms with Gasteiger partial charge in [-0.15, -0.1) is 0 Å². The van der Waals surface area contributed by atoms with E-state index in [1.165, 1.54) is 11.1 Å². The van der Waals surface area contributed by atoms with Gasteiger partial charge in [-0.3, -0.25) is 9.78 Å². The van der Waals surface area contributed by atoms with Gasteiger partial charge in [0, 0.05) is 30.5 Å². The van der Waals surface area contributed by atoms with Crippen LogP contribution in [-0.2, 0) is 13.0 Å². The molecule has 0 saturated heterocycles. The lowest BCUT2D eigenvalue weighted by molar-refractivity contribution is 0.0954. The van der Waals surface area contributed by atoms with E-state index in [0.717, 1.165) is 17.7 Å². The van der Waals surface area contributed by atoms with Crippen molar-refractivity contribution < 1.29 is 4.79 Å². The lowest BCUT2D eigenvalue weighted by Crippen LogP contribution is -2.25. The van der Waals surface area contributed by atoms with Gasteiger partial charge in [-0.25, -0.2) is 0 Å². The molecule has 27 heavy (non-hydrogen) atoms. The number of aryl methyl sites for hydroxylation is 1. The van der Waals surface area contributed by atoms with E-state index in [4.69, 9.17) is 11.6 Å². The zero-order valence-corrected chi connectivity index (χ0v) is 16.0. The molecule has 0 bridgehead atoms. The zero-order valence-electron chi connectivity index (χ0n) is 15.2.